The Hall–Kier alpha value is -3.39. The zero-order valence-corrected chi connectivity index (χ0v) is 16.7. The molecule has 0 radical (unpaired) electrons. The molecule has 3 rings (SSSR count). The molecule has 152 valence electrons. The van der Waals surface area contributed by atoms with Crippen LogP contribution in [0.3, 0.4) is 0 Å². The third-order valence-electron chi connectivity index (χ3n) is 4.57. The van der Waals surface area contributed by atoms with E-state index in [0.717, 1.165) is 5.56 Å². The van der Waals surface area contributed by atoms with Gasteiger partial charge in [-0.2, -0.15) is 0 Å². The molecule has 1 heterocycles. The van der Waals surface area contributed by atoms with Gasteiger partial charge in [-0.25, -0.2) is 4.98 Å². The molecular weight excluding hydrogens is 372 g/mol. The van der Waals surface area contributed by atoms with Crippen molar-refractivity contribution < 1.29 is 14.3 Å². The van der Waals surface area contributed by atoms with Crippen LogP contribution < -0.4 is 20.8 Å². The van der Waals surface area contributed by atoms with Gasteiger partial charge in [0.2, 0.25) is 5.91 Å². The molecule has 0 aliphatic heterocycles. The Morgan fingerprint density at radius 2 is 1.83 bits per heavy atom. The van der Waals surface area contributed by atoms with Crippen LogP contribution in [0.2, 0.25) is 0 Å². The van der Waals surface area contributed by atoms with Gasteiger partial charge < -0.3 is 15.2 Å². The summed E-state index contributed by atoms with van der Waals surface area (Å²) in [6.07, 6.45) is 0. The number of para-hydroxylation sites is 1. The lowest BCUT2D eigenvalue weighted by atomic mass is 10.2. The molecular formula is C21H24N4O4. The minimum absolute atomic E-state index is 0.212. The Balaban J connectivity index is 1.90. The molecule has 0 saturated carbocycles. The molecule has 1 aromatic heterocycles. The van der Waals surface area contributed by atoms with E-state index in [1.165, 1.54) is 4.57 Å². The molecule has 0 spiro atoms. The lowest BCUT2D eigenvalue weighted by Gasteiger charge is -2.20. The van der Waals surface area contributed by atoms with E-state index in [1.807, 2.05) is 36.2 Å². The zero-order chi connectivity index (χ0) is 21.0. The SMILES string of the molecule is COc1ccc(CN(C)Cc2nc3ccccc3c(=O)n2CC(N)=O)cc1OC. The van der Waals surface area contributed by atoms with Gasteiger partial charge in [-0.15, -0.1) is 0 Å². The molecule has 0 unspecified atom stereocenters. The molecule has 2 aromatic carbocycles. The second kappa shape index (κ2) is 8.74. The van der Waals surface area contributed by atoms with Gasteiger partial charge in [0.05, 0.1) is 31.7 Å². The molecule has 2 N–H and O–H groups in total. The van der Waals surface area contributed by atoms with Gasteiger partial charge in [-0.3, -0.25) is 19.1 Å². The molecule has 0 bridgehead atoms. The van der Waals surface area contributed by atoms with E-state index >= 15 is 0 Å². The van der Waals surface area contributed by atoms with Crippen molar-refractivity contribution in [2.75, 3.05) is 21.3 Å². The average molecular weight is 396 g/mol. The number of hydrogen-bond donors (Lipinski definition) is 1. The molecule has 0 aliphatic rings. The summed E-state index contributed by atoms with van der Waals surface area (Å²) in [7, 11) is 5.09. The molecule has 1 amide bonds. The summed E-state index contributed by atoms with van der Waals surface area (Å²) in [5, 5.41) is 0.458. The fourth-order valence-electron chi connectivity index (χ4n) is 3.24. The molecule has 0 fully saturated rings. The molecule has 8 heteroatoms. The number of hydrogen-bond acceptors (Lipinski definition) is 6. The summed E-state index contributed by atoms with van der Waals surface area (Å²) in [6.45, 7) is 0.734. The van der Waals surface area contributed by atoms with Crippen molar-refractivity contribution in [2.45, 2.75) is 19.6 Å². The maximum Gasteiger partial charge on any atom is 0.261 e. The Labute approximate surface area is 168 Å². The van der Waals surface area contributed by atoms with Gasteiger partial charge in [0.25, 0.3) is 5.56 Å². The highest BCUT2D eigenvalue weighted by Crippen LogP contribution is 2.28. The first-order valence-electron chi connectivity index (χ1n) is 9.09. The van der Waals surface area contributed by atoms with E-state index in [-0.39, 0.29) is 12.1 Å². The highest BCUT2D eigenvalue weighted by molar-refractivity contribution is 5.78. The Bertz CT molecular complexity index is 1090. The van der Waals surface area contributed by atoms with Crippen LogP contribution in [-0.4, -0.2) is 41.6 Å². The molecule has 0 saturated heterocycles. The zero-order valence-electron chi connectivity index (χ0n) is 16.7. The van der Waals surface area contributed by atoms with Crippen LogP contribution in [0.25, 0.3) is 10.9 Å². The molecule has 0 atom stereocenters. The molecule has 8 nitrogen and oxygen atoms in total. The van der Waals surface area contributed by atoms with Crippen LogP contribution >= 0.6 is 0 Å². The van der Waals surface area contributed by atoms with Crippen LogP contribution in [0.4, 0.5) is 0 Å². The number of fused-ring (bicyclic) bond motifs is 1. The largest absolute Gasteiger partial charge is 0.493 e. The van der Waals surface area contributed by atoms with Crippen molar-refractivity contribution in [3.8, 4) is 11.5 Å². The van der Waals surface area contributed by atoms with Crippen molar-refractivity contribution in [3.05, 3.63) is 64.2 Å². The van der Waals surface area contributed by atoms with Crippen LogP contribution in [0.15, 0.2) is 47.3 Å². The summed E-state index contributed by atoms with van der Waals surface area (Å²) in [6, 6.07) is 12.8. The molecule has 3 aromatic rings. The quantitative estimate of drug-likeness (QED) is 0.620. The van der Waals surface area contributed by atoms with Crippen LogP contribution in [-0.2, 0) is 24.4 Å². The smallest absolute Gasteiger partial charge is 0.261 e. The lowest BCUT2D eigenvalue weighted by molar-refractivity contribution is -0.118. The number of nitrogens with two attached hydrogens (primary N) is 1. The minimum atomic E-state index is -0.590. The molecule has 0 aliphatic carbocycles. The normalized spacial score (nSPS) is 11.0. The number of benzene rings is 2. The second-order valence-corrected chi connectivity index (χ2v) is 6.76. The predicted molar refractivity (Wildman–Crippen MR) is 110 cm³/mol. The summed E-state index contributed by atoms with van der Waals surface area (Å²) in [5.41, 5.74) is 6.68. The number of amides is 1. The Kier molecular flexibility index (Phi) is 6.13. The first-order chi connectivity index (χ1) is 13.9. The topological polar surface area (TPSA) is 99.7 Å². The van der Waals surface area contributed by atoms with Crippen LogP contribution in [0.1, 0.15) is 11.4 Å². The van der Waals surface area contributed by atoms with Crippen molar-refractivity contribution in [1.82, 2.24) is 14.5 Å². The summed E-state index contributed by atoms with van der Waals surface area (Å²) < 4.78 is 12.0. The van der Waals surface area contributed by atoms with Gasteiger partial charge in [-0.1, -0.05) is 18.2 Å². The number of methoxy groups -OCH3 is 2. The number of carbonyl (C=O) groups excluding carboxylic acids is 1. The van der Waals surface area contributed by atoms with Crippen molar-refractivity contribution in [1.29, 1.82) is 0 Å². The third-order valence-corrected chi connectivity index (χ3v) is 4.57. The van der Waals surface area contributed by atoms with Gasteiger partial charge in [0.15, 0.2) is 11.5 Å². The number of nitrogens with zero attached hydrogens (tertiary/aromatic N) is 3. The second-order valence-electron chi connectivity index (χ2n) is 6.76. The highest BCUT2D eigenvalue weighted by atomic mass is 16.5. The van der Waals surface area contributed by atoms with E-state index in [9.17, 15) is 9.59 Å². The first kappa shape index (κ1) is 20.3. The van der Waals surface area contributed by atoms with Crippen LogP contribution in [0.5, 0.6) is 11.5 Å². The van der Waals surface area contributed by atoms with Crippen molar-refractivity contribution >= 4 is 16.8 Å². The molecule has 29 heavy (non-hydrogen) atoms. The summed E-state index contributed by atoms with van der Waals surface area (Å²) in [4.78, 5) is 31.0. The monoisotopic (exact) mass is 396 g/mol. The van der Waals surface area contributed by atoms with Gasteiger partial charge in [0.1, 0.15) is 12.4 Å². The summed E-state index contributed by atoms with van der Waals surface area (Å²) in [5.74, 6) is 1.20. The average Bonchev–Trinajstić information content (AvgIpc) is 2.70. The fourth-order valence-corrected chi connectivity index (χ4v) is 3.24. The number of aromatic nitrogens is 2. The maximum absolute atomic E-state index is 12.8. The van der Waals surface area contributed by atoms with E-state index in [2.05, 4.69) is 4.98 Å². The van der Waals surface area contributed by atoms with Crippen molar-refractivity contribution in [3.63, 3.8) is 0 Å². The standard InChI is InChI=1S/C21H24N4O4/c1-24(11-14-8-9-17(28-2)18(10-14)29-3)13-20-23-16-7-5-4-6-15(16)21(27)25(20)12-19(22)26/h4-10H,11-13H2,1-3H3,(H2,22,26). The van der Waals surface area contributed by atoms with E-state index in [1.54, 1.807) is 32.4 Å². The lowest BCUT2D eigenvalue weighted by Crippen LogP contribution is -2.33. The predicted octanol–water partition coefficient (Wildman–Crippen LogP) is 1.53. The minimum Gasteiger partial charge on any atom is -0.493 e. The van der Waals surface area contributed by atoms with E-state index in [0.29, 0.717) is 41.3 Å². The third kappa shape index (κ3) is 4.55. The number of primary amides is 1. The number of ether oxygens (including phenoxy) is 2. The highest BCUT2D eigenvalue weighted by Gasteiger charge is 2.15. The first-order valence-corrected chi connectivity index (χ1v) is 9.09. The Morgan fingerprint density at radius 3 is 2.52 bits per heavy atom. The van der Waals surface area contributed by atoms with Crippen molar-refractivity contribution in [2.24, 2.45) is 5.73 Å². The van der Waals surface area contributed by atoms with Gasteiger partial charge in [0, 0.05) is 6.54 Å². The van der Waals surface area contributed by atoms with Gasteiger partial charge in [-0.05, 0) is 36.9 Å². The van der Waals surface area contributed by atoms with Gasteiger partial charge >= 0.3 is 0 Å². The van der Waals surface area contributed by atoms with E-state index < -0.39 is 5.91 Å². The Morgan fingerprint density at radius 1 is 1.10 bits per heavy atom. The fraction of sp³-hybridized carbons (Fsp3) is 0.286. The van der Waals surface area contributed by atoms with Crippen LogP contribution in [0, 0.1) is 0 Å². The summed E-state index contributed by atoms with van der Waals surface area (Å²) >= 11 is 0. The number of carbonyl (C=O) groups is 1. The maximum atomic E-state index is 12.8. The number of rotatable bonds is 8. The van der Waals surface area contributed by atoms with E-state index in [4.69, 9.17) is 15.2 Å².